The van der Waals surface area contributed by atoms with E-state index in [4.69, 9.17) is 0 Å². The van der Waals surface area contributed by atoms with Crippen molar-refractivity contribution >= 4 is 68.2 Å². The molecule has 0 saturated carbocycles. The lowest BCUT2D eigenvalue weighted by atomic mass is 10.1. The Labute approximate surface area is 385 Å². The fourth-order valence-electron chi connectivity index (χ4n) is 8.45. The quantitative estimate of drug-likeness (QED) is 0.115. The maximum absolute atomic E-state index is 2.40. The summed E-state index contributed by atoms with van der Waals surface area (Å²) in [4.78, 5) is 9.46. The molecular weight excluding hydrogens is 789 g/mol. The van der Waals surface area contributed by atoms with Crippen molar-refractivity contribution in [3.63, 3.8) is 0 Å². The van der Waals surface area contributed by atoms with Crippen LogP contribution >= 0.6 is 0 Å². The minimum atomic E-state index is 0.990. The number of nitrogens with zero attached hydrogens (tertiary/aromatic N) is 4. The van der Waals surface area contributed by atoms with Gasteiger partial charge in [-0.2, -0.15) is 0 Å². The molecule has 0 spiro atoms. The van der Waals surface area contributed by atoms with E-state index in [-0.39, 0.29) is 0 Å². The van der Waals surface area contributed by atoms with Gasteiger partial charge in [0.2, 0.25) is 0 Å². The van der Waals surface area contributed by atoms with E-state index in [1.165, 1.54) is 33.4 Å². The molecule has 320 valence electrons. The smallest absolute Gasteiger partial charge is 0.0482 e. The molecule has 0 radical (unpaired) electrons. The maximum atomic E-state index is 2.40. The highest BCUT2D eigenvalue weighted by Gasteiger charge is 2.22. The number of anilines is 12. The molecule has 9 aromatic carbocycles. The summed E-state index contributed by atoms with van der Waals surface area (Å²) in [6, 6.07) is 79.8. The van der Waals surface area contributed by atoms with Gasteiger partial charge in [-0.3, -0.25) is 0 Å². The molecule has 0 heterocycles. The largest absolute Gasteiger partial charge is 0.310 e. The Morgan fingerprint density at radius 1 is 0.231 bits per heavy atom. The lowest BCUT2D eigenvalue weighted by molar-refractivity contribution is 1.14. The van der Waals surface area contributed by atoms with Crippen LogP contribution in [0.5, 0.6) is 0 Å². The van der Waals surface area contributed by atoms with Gasteiger partial charge in [0.25, 0.3) is 0 Å². The first-order chi connectivity index (χ1) is 31.7. The summed E-state index contributed by atoms with van der Waals surface area (Å²) in [6.45, 7) is 12.9. The summed E-state index contributed by atoms with van der Waals surface area (Å²) < 4.78 is 0. The average Bonchev–Trinajstić information content (AvgIpc) is 3.33. The van der Waals surface area contributed by atoms with Gasteiger partial charge < -0.3 is 19.6 Å². The fraction of sp³-hybridized carbons (Fsp3) is 0.115. The van der Waals surface area contributed by atoms with Crippen molar-refractivity contribution in [1.82, 2.24) is 0 Å². The van der Waals surface area contributed by atoms with Crippen LogP contribution in [0, 0.1) is 34.6 Å². The van der Waals surface area contributed by atoms with Gasteiger partial charge in [-0.15, -0.1) is 0 Å². The molecular formula is C61H56N4. The van der Waals surface area contributed by atoms with E-state index in [1.807, 2.05) is 0 Å². The zero-order valence-electron chi connectivity index (χ0n) is 38.3. The van der Waals surface area contributed by atoms with E-state index in [0.29, 0.717) is 0 Å². The summed E-state index contributed by atoms with van der Waals surface area (Å²) in [5.74, 6) is 0. The topological polar surface area (TPSA) is 13.0 Å². The minimum Gasteiger partial charge on any atom is -0.310 e. The highest BCUT2D eigenvalue weighted by Crippen LogP contribution is 2.45. The second kappa shape index (κ2) is 18.9. The highest BCUT2D eigenvalue weighted by molar-refractivity contribution is 5.88. The molecule has 9 aromatic rings. The first-order valence-corrected chi connectivity index (χ1v) is 22.6. The van der Waals surface area contributed by atoms with E-state index in [2.05, 4.69) is 280 Å². The molecule has 0 atom stereocenters. The molecule has 0 aliphatic carbocycles. The predicted molar refractivity (Wildman–Crippen MR) is 278 cm³/mol. The van der Waals surface area contributed by atoms with E-state index >= 15 is 0 Å². The van der Waals surface area contributed by atoms with Crippen molar-refractivity contribution in [1.29, 1.82) is 0 Å². The van der Waals surface area contributed by atoms with Crippen LogP contribution in [0.15, 0.2) is 218 Å². The Morgan fingerprint density at radius 3 is 0.615 bits per heavy atom. The second-order valence-corrected chi connectivity index (χ2v) is 17.1. The van der Waals surface area contributed by atoms with Gasteiger partial charge in [-0.1, -0.05) is 126 Å². The van der Waals surface area contributed by atoms with E-state index < -0.39 is 0 Å². The van der Waals surface area contributed by atoms with Gasteiger partial charge in [0, 0.05) is 68.2 Å². The van der Waals surface area contributed by atoms with Crippen LogP contribution in [-0.2, 0) is 6.42 Å². The summed E-state index contributed by atoms with van der Waals surface area (Å²) in [7, 11) is 0. The molecule has 4 nitrogen and oxygen atoms in total. The normalized spacial score (nSPS) is 11.0. The molecule has 0 amide bonds. The molecule has 0 aliphatic heterocycles. The molecule has 0 bridgehead atoms. The van der Waals surface area contributed by atoms with Crippen LogP contribution in [0.4, 0.5) is 68.2 Å². The number of hydrogen-bond donors (Lipinski definition) is 0. The summed E-state index contributed by atoms with van der Waals surface area (Å²) >= 11 is 0. The first kappa shape index (κ1) is 42.5. The van der Waals surface area contributed by atoms with Crippen molar-refractivity contribution in [3.8, 4) is 0 Å². The second-order valence-electron chi connectivity index (χ2n) is 17.1. The van der Waals surface area contributed by atoms with E-state index in [0.717, 1.165) is 74.7 Å². The van der Waals surface area contributed by atoms with Crippen molar-refractivity contribution in [2.75, 3.05) is 19.6 Å². The SMILES string of the molecule is CCc1ccc(N(c2ccc(C)cc2)c2cccc(N(c3cccc(N(c4ccc(C)cc4)c4ccc(C)cc4)c3)c3cccc(N(c4ccc(C)cc4)c4ccc(C)cc4)c3)c2)cc1. The summed E-state index contributed by atoms with van der Waals surface area (Å²) in [5.41, 5.74) is 20.3. The van der Waals surface area contributed by atoms with Gasteiger partial charge in [0.05, 0.1) is 0 Å². The van der Waals surface area contributed by atoms with Gasteiger partial charge >= 0.3 is 0 Å². The van der Waals surface area contributed by atoms with Crippen LogP contribution in [0.1, 0.15) is 40.3 Å². The lowest BCUT2D eigenvalue weighted by Gasteiger charge is -2.32. The molecule has 0 saturated heterocycles. The number of hydrogen-bond acceptors (Lipinski definition) is 4. The summed E-state index contributed by atoms with van der Waals surface area (Å²) in [5, 5.41) is 0. The highest BCUT2D eigenvalue weighted by atomic mass is 15.2. The van der Waals surface area contributed by atoms with Gasteiger partial charge in [-0.05, 0) is 174 Å². The van der Waals surface area contributed by atoms with Gasteiger partial charge in [0.15, 0.2) is 0 Å². The Hall–Kier alpha value is -7.82. The molecule has 65 heavy (non-hydrogen) atoms. The molecule has 9 rings (SSSR count). The van der Waals surface area contributed by atoms with Crippen LogP contribution < -0.4 is 19.6 Å². The number of benzene rings is 9. The molecule has 0 N–H and O–H groups in total. The predicted octanol–water partition coefficient (Wildman–Crippen LogP) is 17.7. The molecule has 0 aromatic heterocycles. The van der Waals surface area contributed by atoms with E-state index in [1.54, 1.807) is 0 Å². The lowest BCUT2D eigenvalue weighted by Crippen LogP contribution is -2.15. The molecule has 0 fully saturated rings. The number of rotatable bonds is 13. The third-order valence-electron chi connectivity index (χ3n) is 12.1. The van der Waals surface area contributed by atoms with E-state index in [9.17, 15) is 0 Å². The zero-order valence-corrected chi connectivity index (χ0v) is 38.3. The zero-order chi connectivity index (χ0) is 44.9. The first-order valence-electron chi connectivity index (χ1n) is 22.6. The van der Waals surface area contributed by atoms with Crippen molar-refractivity contribution in [3.05, 3.63) is 252 Å². The maximum Gasteiger partial charge on any atom is 0.0482 e. The Morgan fingerprint density at radius 2 is 0.415 bits per heavy atom. The Kier molecular flexibility index (Phi) is 12.3. The standard InChI is InChI=1S/C61H56N4/c1-7-49-27-39-55(40-28-49)64(54-37-25-48(6)26-38-54)58-13-10-16-61(43-58)65(59-14-8-11-56(41-59)62(50-29-17-44(2)18-30-50)51-31-19-45(3)20-32-51)60-15-9-12-57(42-60)63(52-33-21-46(4)22-34-52)53-35-23-47(5)24-36-53/h8-43H,7H2,1-6H3. The van der Waals surface area contributed by atoms with Crippen LogP contribution in [0.2, 0.25) is 0 Å². The van der Waals surface area contributed by atoms with Gasteiger partial charge in [-0.25, -0.2) is 0 Å². The molecule has 4 heteroatoms. The van der Waals surface area contributed by atoms with Crippen molar-refractivity contribution in [2.45, 2.75) is 48.0 Å². The van der Waals surface area contributed by atoms with Crippen LogP contribution in [0.3, 0.4) is 0 Å². The number of aryl methyl sites for hydroxylation is 6. The van der Waals surface area contributed by atoms with Crippen LogP contribution in [0.25, 0.3) is 0 Å². The summed E-state index contributed by atoms with van der Waals surface area (Å²) in [6.07, 6.45) is 0.990. The third kappa shape index (κ3) is 9.44. The Bertz CT molecular complexity index is 2760. The fourth-order valence-corrected chi connectivity index (χ4v) is 8.45. The van der Waals surface area contributed by atoms with Crippen molar-refractivity contribution in [2.24, 2.45) is 0 Å². The van der Waals surface area contributed by atoms with Gasteiger partial charge in [0.1, 0.15) is 0 Å². The monoisotopic (exact) mass is 844 g/mol. The van der Waals surface area contributed by atoms with Crippen molar-refractivity contribution < 1.29 is 0 Å². The van der Waals surface area contributed by atoms with Crippen LogP contribution in [-0.4, -0.2) is 0 Å². The average molecular weight is 845 g/mol. The Balaban J connectivity index is 1.24. The molecule has 0 unspecified atom stereocenters. The third-order valence-corrected chi connectivity index (χ3v) is 12.1. The molecule has 0 aliphatic rings. The minimum absolute atomic E-state index is 0.990.